The van der Waals surface area contributed by atoms with Gasteiger partial charge in [0, 0.05) is 31.3 Å². The molecule has 9 aromatic rings. The van der Waals surface area contributed by atoms with Crippen LogP contribution in [0.4, 0.5) is 0 Å². The molecular weight excluding hydrogens is 665 g/mol. The molecule has 3 heteroatoms. The molecule has 8 aromatic carbocycles. The summed E-state index contributed by atoms with van der Waals surface area (Å²) in [5, 5.41) is 8.15. The van der Waals surface area contributed by atoms with Gasteiger partial charge >= 0.3 is 0 Å². The fourth-order valence-corrected chi connectivity index (χ4v) is 15.4. The first kappa shape index (κ1) is 30.8. The highest BCUT2D eigenvalue weighted by atomic mass is 32.1. The lowest BCUT2D eigenvalue weighted by Crippen LogP contribution is -2.75. The zero-order valence-corrected chi connectivity index (χ0v) is 30.3. The van der Waals surface area contributed by atoms with Crippen molar-refractivity contribution in [2.24, 2.45) is 0 Å². The molecule has 0 saturated carbocycles. The number of ether oxygens (including phenoxy) is 1. The fourth-order valence-electron chi connectivity index (χ4n) is 8.84. The van der Waals surface area contributed by atoms with Gasteiger partial charge in [-0.3, -0.25) is 0 Å². The van der Waals surface area contributed by atoms with Gasteiger partial charge in [0.15, 0.2) is 8.07 Å². The van der Waals surface area contributed by atoms with E-state index in [2.05, 4.69) is 206 Å². The van der Waals surface area contributed by atoms with Crippen LogP contribution in [-0.2, 0) is 5.41 Å². The van der Waals surface area contributed by atoms with Gasteiger partial charge in [0.2, 0.25) is 0 Å². The topological polar surface area (TPSA) is 9.23 Å². The summed E-state index contributed by atoms with van der Waals surface area (Å²) in [6, 6.07) is 76.2. The van der Waals surface area contributed by atoms with Crippen molar-refractivity contribution in [1.29, 1.82) is 0 Å². The molecule has 246 valence electrons. The summed E-state index contributed by atoms with van der Waals surface area (Å²) < 4.78 is 9.36. The largest absolute Gasteiger partial charge is 0.457 e. The highest BCUT2D eigenvalue weighted by molar-refractivity contribution is 7.30. The van der Waals surface area contributed by atoms with Gasteiger partial charge in [-0.1, -0.05) is 188 Å². The van der Waals surface area contributed by atoms with Gasteiger partial charge < -0.3 is 4.74 Å². The van der Waals surface area contributed by atoms with E-state index in [-0.39, 0.29) is 0 Å². The predicted molar refractivity (Wildman–Crippen MR) is 221 cm³/mol. The molecule has 52 heavy (non-hydrogen) atoms. The number of para-hydroxylation sites is 2. The van der Waals surface area contributed by atoms with Crippen molar-refractivity contribution in [3.63, 3.8) is 0 Å². The number of hydrogen-bond donors (Lipinski definition) is 0. The Morgan fingerprint density at radius 2 is 0.904 bits per heavy atom. The Morgan fingerprint density at radius 3 is 1.58 bits per heavy atom. The molecule has 0 spiro atoms. The molecule has 0 unspecified atom stereocenters. The maximum absolute atomic E-state index is 6.67. The molecule has 1 aliphatic heterocycles. The van der Waals surface area contributed by atoms with Crippen LogP contribution in [0.3, 0.4) is 0 Å². The number of thiophene rings is 1. The van der Waals surface area contributed by atoms with E-state index in [1.54, 1.807) is 0 Å². The van der Waals surface area contributed by atoms with E-state index < -0.39 is 13.5 Å². The van der Waals surface area contributed by atoms with Crippen molar-refractivity contribution >= 4 is 60.3 Å². The molecule has 1 aromatic heterocycles. The lowest BCUT2D eigenvalue weighted by molar-refractivity contribution is 0.434. The van der Waals surface area contributed by atoms with Crippen molar-refractivity contribution < 1.29 is 4.74 Å². The molecule has 2 heterocycles. The Bertz CT molecular complexity index is 2630. The maximum Gasteiger partial charge on any atom is 0.181 e. The second-order valence-electron chi connectivity index (χ2n) is 13.6. The van der Waals surface area contributed by atoms with E-state index in [9.17, 15) is 0 Å². The fraction of sp³-hybridized carbons (Fsp3) is 0.0204. The number of rotatable bonds is 6. The summed E-state index contributed by atoms with van der Waals surface area (Å²) in [5.41, 5.74) is 4.13. The molecular formula is C49H34OSSi. The summed E-state index contributed by atoms with van der Waals surface area (Å²) in [6.07, 6.45) is 0. The van der Waals surface area contributed by atoms with Crippen LogP contribution < -0.4 is 25.5 Å². The number of fused-ring (bicyclic) bond motifs is 5. The van der Waals surface area contributed by atoms with Crippen LogP contribution in [0.1, 0.15) is 22.3 Å². The quantitative estimate of drug-likeness (QED) is 0.124. The highest BCUT2D eigenvalue weighted by Gasteiger charge is 2.48. The van der Waals surface area contributed by atoms with Crippen molar-refractivity contribution in [2.45, 2.75) is 5.41 Å². The molecule has 1 nitrogen and oxygen atoms in total. The van der Waals surface area contributed by atoms with E-state index >= 15 is 0 Å². The first-order valence-electron chi connectivity index (χ1n) is 17.8. The van der Waals surface area contributed by atoms with Gasteiger partial charge in [0.25, 0.3) is 0 Å². The second-order valence-corrected chi connectivity index (χ2v) is 18.4. The van der Waals surface area contributed by atoms with Crippen LogP contribution in [0, 0.1) is 0 Å². The summed E-state index contributed by atoms with van der Waals surface area (Å²) in [6.45, 7) is 0. The lowest BCUT2D eigenvalue weighted by Gasteiger charge is -2.42. The SMILES string of the molecule is c1ccc(C2(c3cccc([Si](c4ccccc4)(c4ccccc4)c4cccc5c4sc4ccccc45)c3)c3ccccc3Oc3ccccc32)cc1. The van der Waals surface area contributed by atoms with Crippen molar-refractivity contribution in [2.75, 3.05) is 0 Å². The standard InChI is InChI=1S/C49H34OSSi/c1-4-18-35(19-5-1)49(42-28-11-13-30-44(42)50-45-31-14-12-29-43(45)49)36-20-16-25-39(34-36)52(37-21-6-2-7-22-37,38-23-8-3-9-24-38)47-33-17-27-41-40-26-10-15-32-46(40)51-48(41)47/h1-34H. The van der Waals surface area contributed by atoms with Crippen LogP contribution in [0.25, 0.3) is 20.2 Å². The minimum absolute atomic E-state index is 0.611. The molecule has 0 fully saturated rings. The van der Waals surface area contributed by atoms with E-state index in [0.29, 0.717) is 0 Å². The molecule has 0 atom stereocenters. The second kappa shape index (κ2) is 12.3. The van der Waals surface area contributed by atoms with Crippen molar-refractivity contribution in [3.05, 3.63) is 229 Å². The minimum Gasteiger partial charge on any atom is -0.457 e. The van der Waals surface area contributed by atoms with Crippen LogP contribution in [0.2, 0.25) is 0 Å². The van der Waals surface area contributed by atoms with Gasteiger partial charge in [0.1, 0.15) is 11.5 Å². The molecule has 0 bridgehead atoms. The Kier molecular flexibility index (Phi) is 7.31. The third-order valence-electron chi connectivity index (χ3n) is 11.0. The smallest absolute Gasteiger partial charge is 0.181 e. The van der Waals surface area contributed by atoms with Gasteiger partial charge in [-0.15, -0.1) is 11.3 Å². The summed E-state index contributed by atoms with van der Waals surface area (Å²) in [4.78, 5) is 0. The van der Waals surface area contributed by atoms with E-state index in [1.807, 2.05) is 11.3 Å². The predicted octanol–water partition coefficient (Wildman–Crippen LogP) is 9.92. The van der Waals surface area contributed by atoms with Crippen LogP contribution in [0.5, 0.6) is 11.5 Å². The summed E-state index contributed by atoms with van der Waals surface area (Å²) in [7, 11) is -2.96. The van der Waals surface area contributed by atoms with Crippen molar-refractivity contribution in [3.8, 4) is 11.5 Å². The minimum atomic E-state index is -2.96. The first-order chi connectivity index (χ1) is 25.8. The Labute approximate surface area is 309 Å². The average molecular weight is 699 g/mol. The molecule has 0 saturated heterocycles. The van der Waals surface area contributed by atoms with E-state index in [1.165, 1.54) is 52.0 Å². The monoisotopic (exact) mass is 698 g/mol. The molecule has 10 rings (SSSR count). The van der Waals surface area contributed by atoms with Crippen LogP contribution in [-0.4, -0.2) is 8.07 Å². The van der Waals surface area contributed by atoms with E-state index in [0.717, 1.165) is 22.6 Å². The van der Waals surface area contributed by atoms with Gasteiger partial charge in [-0.25, -0.2) is 0 Å². The molecule has 0 N–H and O–H groups in total. The Balaban J connectivity index is 1.36. The molecule has 1 aliphatic rings. The lowest BCUT2D eigenvalue weighted by atomic mass is 9.64. The van der Waals surface area contributed by atoms with Crippen molar-refractivity contribution in [1.82, 2.24) is 0 Å². The van der Waals surface area contributed by atoms with Gasteiger partial charge in [-0.05, 0) is 50.1 Å². The summed E-state index contributed by atoms with van der Waals surface area (Å²) in [5.74, 6) is 1.78. The van der Waals surface area contributed by atoms with E-state index in [4.69, 9.17) is 4.74 Å². The average Bonchev–Trinajstić information content (AvgIpc) is 3.61. The molecule has 0 amide bonds. The first-order valence-corrected chi connectivity index (χ1v) is 20.7. The number of hydrogen-bond acceptors (Lipinski definition) is 2. The normalized spacial score (nSPS) is 13.3. The molecule has 0 radical (unpaired) electrons. The zero-order valence-electron chi connectivity index (χ0n) is 28.4. The maximum atomic E-state index is 6.67. The Morgan fingerprint density at radius 1 is 0.404 bits per heavy atom. The zero-order chi connectivity index (χ0) is 34.5. The third-order valence-corrected chi connectivity index (χ3v) is 17.2. The molecule has 0 aliphatic carbocycles. The third kappa shape index (κ3) is 4.46. The Hall–Kier alpha value is -6.00. The summed E-state index contributed by atoms with van der Waals surface area (Å²) >= 11 is 1.93. The van der Waals surface area contributed by atoms with Gasteiger partial charge in [0.05, 0.1) is 5.41 Å². The van der Waals surface area contributed by atoms with Crippen LogP contribution in [0.15, 0.2) is 206 Å². The van der Waals surface area contributed by atoms with Gasteiger partial charge in [-0.2, -0.15) is 0 Å². The number of benzene rings is 8. The highest BCUT2D eigenvalue weighted by Crippen LogP contribution is 2.55. The van der Waals surface area contributed by atoms with Crippen LogP contribution >= 0.6 is 11.3 Å².